The fourth-order valence-electron chi connectivity index (χ4n) is 1.81. The summed E-state index contributed by atoms with van der Waals surface area (Å²) in [5.74, 6) is 4.51. The Kier molecular flexibility index (Phi) is 7.68. The van der Waals surface area contributed by atoms with Crippen LogP contribution in [0.5, 0.6) is 11.5 Å². The third kappa shape index (κ3) is 5.94. The summed E-state index contributed by atoms with van der Waals surface area (Å²) in [4.78, 5) is 10.4. The summed E-state index contributed by atoms with van der Waals surface area (Å²) in [6, 6.07) is 4.47. The smallest absolute Gasteiger partial charge is 0.273 e. The van der Waals surface area contributed by atoms with Crippen LogP contribution >= 0.6 is 23.5 Å². The van der Waals surface area contributed by atoms with Gasteiger partial charge in [0.2, 0.25) is 0 Å². The molecule has 0 N–H and O–H groups in total. The number of hydrogen-bond acceptors (Lipinski definition) is 7. The molecule has 0 atom stereocenters. The number of nitro benzene ring substituents is 1. The molecule has 0 saturated heterocycles. The largest absolute Gasteiger partial charge is 0.489 e. The van der Waals surface area contributed by atoms with Crippen LogP contribution in [0.3, 0.4) is 0 Å². The number of hydrogen-bond donors (Lipinski definition) is 0. The lowest BCUT2D eigenvalue weighted by Crippen LogP contribution is -2.06. The molecule has 0 fully saturated rings. The van der Waals surface area contributed by atoms with Crippen LogP contribution in [0.25, 0.3) is 0 Å². The molecule has 0 bridgehead atoms. The summed E-state index contributed by atoms with van der Waals surface area (Å²) in [7, 11) is 0. The molecular weight excluding hydrogens is 326 g/mol. The van der Waals surface area contributed by atoms with Crippen molar-refractivity contribution in [2.24, 2.45) is 0 Å². The molecule has 0 aliphatic carbocycles. The predicted molar refractivity (Wildman–Crippen MR) is 89.6 cm³/mol. The SMILES string of the molecule is O=[N+]([O-])c1ccc2c(c1)OCCSCCOCCSCCO2. The van der Waals surface area contributed by atoms with Crippen molar-refractivity contribution >= 4 is 29.2 Å². The average Bonchev–Trinajstić information content (AvgIpc) is 2.52. The summed E-state index contributed by atoms with van der Waals surface area (Å²) >= 11 is 3.50. The minimum Gasteiger partial charge on any atom is -0.489 e. The quantitative estimate of drug-likeness (QED) is 0.572. The molecule has 1 aliphatic heterocycles. The zero-order valence-electron chi connectivity index (χ0n) is 12.2. The molecule has 1 aromatic carbocycles. The van der Waals surface area contributed by atoms with Crippen LogP contribution < -0.4 is 9.47 Å². The zero-order chi connectivity index (χ0) is 15.6. The second-order valence-corrected chi connectivity index (χ2v) is 6.87. The Balaban J connectivity index is 2.02. The summed E-state index contributed by atoms with van der Waals surface area (Å²) < 4.78 is 16.9. The highest BCUT2D eigenvalue weighted by Gasteiger charge is 2.13. The van der Waals surface area contributed by atoms with Gasteiger partial charge < -0.3 is 14.2 Å². The number of thioether (sulfide) groups is 2. The van der Waals surface area contributed by atoms with Gasteiger partial charge in [-0.15, -0.1) is 0 Å². The molecular formula is C14H19NO5S2. The lowest BCUT2D eigenvalue weighted by atomic mass is 10.3. The molecule has 0 radical (unpaired) electrons. The molecule has 1 aliphatic rings. The van der Waals surface area contributed by atoms with Gasteiger partial charge in [0.05, 0.1) is 37.4 Å². The van der Waals surface area contributed by atoms with Crippen LogP contribution in [0.2, 0.25) is 0 Å². The number of fused-ring (bicyclic) bond motifs is 1. The zero-order valence-corrected chi connectivity index (χ0v) is 13.8. The van der Waals surface area contributed by atoms with Gasteiger partial charge in [0.25, 0.3) is 5.69 Å². The van der Waals surface area contributed by atoms with Crippen LogP contribution in [-0.4, -0.2) is 54.4 Å². The van der Waals surface area contributed by atoms with E-state index in [0.717, 1.165) is 36.2 Å². The monoisotopic (exact) mass is 345 g/mol. The molecule has 0 unspecified atom stereocenters. The normalized spacial score (nSPS) is 18.0. The maximum Gasteiger partial charge on any atom is 0.273 e. The third-order valence-corrected chi connectivity index (χ3v) is 4.67. The van der Waals surface area contributed by atoms with E-state index in [-0.39, 0.29) is 5.69 Å². The topological polar surface area (TPSA) is 70.8 Å². The molecule has 0 aromatic heterocycles. The van der Waals surface area contributed by atoms with Crippen LogP contribution in [0, 0.1) is 10.1 Å². The predicted octanol–water partition coefficient (Wildman–Crippen LogP) is 2.85. The summed E-state index contributed by atoms with van der Waals surface area (Å²) in [6.07, 6.45) is 0. The van der Waals surface area contributed by atoms with Gasteiger partial charge in [-0.1, -0.05) is 0 Å². The van der Waals surface area contributed by atoms with Crippen molar-refractivity contribution in [2.45, 2.75) is 0 Å². The van der Waals surface area contributed by atoms with E-state index in [1.807, 2.05) is 0 Å². The average molecular weight is 345 g/mol. The van der Waals surface area contributed by atoms with Crippen molar-refractivity contribution in [2.75, 3.05) is 49.4 Å². The van der Waals surface area contributed by atoms with Crippen molar-refractivity contribution in [3.8, 4) is 11.5 Å². The first-order chi connectivity index (χ1) is 10.8. The first-order valence-corrected chi connectivity index (χ1v) is 9.35. The molecule has 1 aromatic rings. The summed E-state index contributed by atoms with van der Waals surface area (Å²) in [6.45, 7) is 2.51. The van der Waals surface area contributed by atoms with Gasteiger partial charge in [0, 0.05) is 29.1 Å². The third-order valence-electron chi connectivity index (χ3n) is 2.85. The second-order valence-electron chi connectivity index (χ2n) is 4.42. The Labute approximate surface area is 138 Å². The number of nitro groups is 1. The second kappa shape index (κ2) is 9.81. The number of nitrogens with zero attached hydrogens (tertiary/aromatic N) is 1. The van der Waals surface area contributed by atoms with Crippen LogP contribution in [0.4, 0.5) is 5.69 Å². The van der Waals surface area contributed by atoms with E-state index in [1.165, 1.54) is 12.1 Å². The van der Waals surface area contributed by atoms with Crippen LogP contribution in [0.1, 0.15) is 0 Å². The van der Waals surface area contributed by atoms with Gasteiger partial charge in [-0.3, -0.25) is 10.1 Å². The summed E-state index contributed by atoms with van der Waals surface area (Å²) in [5, 5.41) is 10.9. The fourth-order valence-corrected chi connectivity index (χ4v) is 3.09. The fraction of sp³-hybridized carbons (Fsp3) is 0.571. The standard InChI is InChI=1S/C14H19NO5S2/c16-15(17)12-1-2-13-14(11-12)20-6-10-22-8-4-18-3-7-21-9-5-19-13/h1-2,11H,3-10H2. The highest BCUT2D eigenvalue weighted by molar-refractivity contribution is 7.99. The Morgan fingerprint density at radius 3 is 2.14 bits per heavy atom. The molecule has 0 saturated carbocycles. The molecule has 22 heavy (non-hydrogen) atoms. The van der Waals surface area contributed by atoms with Crippen molar-refractivity contribution in [3.05, 3.63) is 28.3 Å². The van der Waals surface area contributed by atoms with Gasteiger partial charge in [-0.2, -0.15) is 23.5 Å². The van der Waals surface area contributed by atoms with Crippen molar-refractivity contribution in [3.63, 3.8) is 0 Å². The molecule has 122 valence electrons. The number of ether oxygens (including phenoxy) is 3. The lowest BCUT2D eigenvalue weighted by molar-refractivity contribution is -0.385. The molecule has 6 nitrogen and oxygen atoms in total. The molecule has 2 rings (SSSR count). The van der Waals surface area contributed by atoms with Gasteiger partial charge in [-0.25, -0.2) is 0 Å². The first kappa shape index (κ1) is 17.2. The highest BCUT2D eigenvalue weighted by Crippen LogP contribution is 2.31. The van der Waals surface area contributed by atoms with Crippen LogP contribution in [0.15, 0.2) is 18.2 Å². The van der Waals surface area contributed by atoms with Gasteiger partial charge in [0.15, 0.2) is 11.5 Å². The lowest BCUT2D eigenvalue weighted by Gasteiger charge is -2.12. The Morgan fingerprint density at radius 2 is 1.50 bits per heavy atom. The number of non-ortho nitro benzene ring substituents is 1. The molecule has 0 amide bonds. The molecule has 1 heterocycles. The minimum atomic E-state index is -0.429. The van der Waals surface area contributed by atoms with E-state index < -0.39 is 4.92 Å². The summed E-state index contributed by atoms with van der Waals surface area (Å²) in [5.41, 5.74) is 0.00990. The van der Waals surface area contributed by atoms with E-state index in [2.05, 4.69) is 0 Å². The van der Waals surface area contributed by atoms with E-state index in [9.17, 15) is 10.1 Å². The highest BCUT2D eigenvalue weighted by atomic mass is 32.2. The van der Waals surface area contributed by atoms with E-state index >= 15 is 0 Å². The van der Waals surface area contributed by atoms with Crippen molar-refractivity contribution in [1.82, 2.24) is 0 Å². The Bertz CT molecular complexity index is 486. The van der Waals surface area contributed by atoms with Crippen molar-refractivity contribution < 1.29 is 19.1 Å². The first-order valence-electron chi connectivity index (χ1n) is 7.04. The molecule has 8 heteroatoms. The van der Waals surface area contributed by atoms with Gasteiger partial charge >= 0.3 is 0 Å². The minimum absolute atomic E-state index is 0.00990. The Morgan fingerprint density at radius 1 is 0.909 bits per heavy atom. The van der Waals surface area contributed by atoms with Gasteiger partial charge in [-0.05, 0) is 6.07 Å². The van der Waals surface area contributed by atoms with E-state index in [0.29, 0.717) is 24.7 Å². The molecule has 0 spiro atoms. The Hall–Kier alpha value is -1.12. The van der Waals surface area contributed by atoms with E-state index in [4.69, 9.17) is 14.2 Å². The van der Waals surface area contributed by atoms with Gasteiger partial charge in [0.1, 0.15) is 0 Å². The maximum atomic E-state index is 10.9. The number of rotatable bonds is 1. The maximum absolute atomic E-state index is 10.9. The number of benzene rings is 1. The van der Waals surface area contributed by atoms with Crippen LogP contribution in [-0.2, 0) is 4.74 Å². The van der Waals surface area contributed by atoms with Crippen molar-refractivity contribution in [1.29, 1.82) is 0 Å². The van der Waals surface area contributed by atoms with E-state index in [1.54, 1.807) is 29.6 Å².